The van der Waals surface area contributed by atoms with Gasteiger partial charge in [0.15, 0.2) is 0 Å². The van der Waals surface area contributed by atoms with Gasteiger partial charge in [-0.15, -0.1) is 0 Å². The Balaban J connectivity index is 2.70. The maximum absolute atomic E-state index is 10.6. The third-order valence-corrected chi connectivity index (χ3v) is 1.70. The summed E-state index contributed by atoms with van der Waals surface area (Å²) in [4.78, 5) is 10.6. The van der Waals surface area contributed by atoms with Crippen molar-refractivity contribution in [2.45, 2.75) is 6.42 Å². The molecule has 0 fully saturated rings. The largest absolute Gasteiger partial charge is 0.508 e. The van der Waals surface area contributed by atoms with Crippen LogP contribution in [0.1, 0.15) is 5.56 Å². The minimum Gasteiger partial charge on any atom is -0.508 e. The normalized spacial score (nSPS) is 9.54. The van der Waals surface area contributed by atoms with E-state index in [1.807, 2.05) is 0 Å². The number of phenolic OH excluding ortho intramolecular Hbond substituents is 1. The molecule has 0 atom stereocenters. The molecular formula is C10H11NO2. The average Bonchev–Trinajstić information content (AvgIpc) is 2.08. The molecule has 68 valence electrons. The molecule has 0 bridgehead atoms. The second kappa shape index (κ2) is 3.76. The fourth-order valence-corrected chi connectivity index (χ4v) is 0.947. The first-order valence-electron chi connectivity index (χ1n) is 3.85. The number of amides is 1. The zero-order valence-corrected chi connectivity index (χ0v) is 7.16. The van der Waals surface area contributed by atoms with Crippen LogP contribution in [-0.4, -0.2) is 11.0 Å². The molecule has 0 unspecified atom stereocenters. The van der Waals surface area contributed by atoms with Crippen molar-refractivity contribution in [3.05, 3.63) is 42.0 Å². The average molecular weight is 177 g/mol. The lowest BCUT2D eigenvalue weighted by Crippen LogP contribution is -2.14. The molecule has 0 saturated heterocycles. The molecule has 3 nitrogen and oxygen atoms in total. The van der Waals surface area contributed by atoms with E-state index in [0.29, 0.717) is 12.0 Å². The summed E-state index contributed by atoms with van der Waals surface area (Å²) in [6, 6.07) is 6.57. The molecule has 1 aromatic carbocycles. The van der Waals surface area contributed by atoms with Crippen molar-refractivity contribution >= 4 is 5.91 Å². The standard InChI is InChI=1S/C10H11NO2/c1-7(10(11)13)6-8-2-4-9(12)5-3-8/h2-5,12H,1,6H2,(H2,11,13). The van der Waals surface area contributed by atoms with Gasteiger partial charge in [-0.1, -0.05) is 18.7 Å². The van der Waals surface area contributed by atoms with Gasteiger partial charge in [-0.05, 0) is 17.7 Å². The highest BCUT2D eigenvalue weighted by Crippen LogP contribution is 2.12. The van der Waals surface area contributed by atoms with E-state index < -0.39 is 5.91 Å². The number of phenols is 1. The van der Waals surface area contributed by atoms with E-state index >= 15 is 0 Å². The third kappa shape index (κ3) is 2.63. The first-order chi connectivity index (χ1) is 6.09. The molecule has 1 rings (SSSR count). The molecule has 0 heterocycles. The molecule has 0 aromatic heterocycles. The Labute approximate surface area is 76.5 Å². The van der Waals surface area contributed by atoms with E-state index in [9.17, 15) is 4.79 Å². The number of rotatable bonds is 3. The van der Waals surface area contributed by atoms with Crippen LogP contribution in [0.4, 0.5) is 0 Å². The number of hydrogen-bond acceptors (Lipinski definition) is 2. The van der Waals surface area contributed by atoms with Crippen LogP contribution in [0.15, 0.2) is 36.4 Å². The Hall–Kier alpha value is -1.77. The summed E-state index contributed by atoms with van der Waals surface area (Å²) < 4.78 is 0. The summed E-state index contributed by atoms with van der Waals surface area (Å²) in [7, 11) is 0. The Morgan fingerprint density at radius 2 is 1.92 bits per heavy atom. The van der Waals surface area contributed by atoms with Gasteiger partial charge in [0, 0.05) is 12.0 Å². The van der Waals surface area contributed by atoms with Crippen molar-refractivity contribution in [2.24, 2.45) is 5.73 Å². The molecule has 0 spiro atoms. The molecule has 0 radical (unpaired) electrons. The molecule has 0 aliphatic rings. The molecule has 0 saturated carbocycles. The number of nitrogens with two attached hydrogens (primary N) is 1. The Bertz CT molecular complexity index is 327. The van der Waals surface area contributed by atoms with Crippen LogP contribution >= 0.6 is 0 Å². The van der Waals surface area contributed by atoms with Gasteiger partial charge in [-0.3, -0.25) is 4.79 Å². The highest BCUT2D eigenvalue weighted by atomic mass is 16.3. The van der Waals surface area contributed by atoms with Crippen LogP contribution in [0.5, 0.6) is 5.75 Å². The SMILES string of the molecule is C=C(Cc1ccc(O)cc1)C(N)=O. The summed E-state index contributed by atoms with van der Waals surface area (Å²) in [5.74, 6) is -0.290. The second-order valence-corrected chi connectivity index (χ2v) is 2.81. The summed E-state index contributed by atoms with van der Waals surface area (Å²) >= 11 is 0. The number of hydrogen-bond donors (Lipinski definition) is 2. The van der Waals surface area contributed by atoms with E-state index in [-0.39, 0.29) is 5.75 Å². The van der Waals surface area contributed by atoms with Gasteiger partial charge in [-0.25, -0.2) is 0 Å². The maximum atomic E-state index is 10.6. The summed E-state index contributed by atoms with van der Waals surface area (Å²) in [6.45, 7) is 3.53. The van der Waals surface area contributed by atoms with Gasteiger partial charge >= 0.3 is 0 Å². The number of aromatic hydroxyl groups is 1. The third-order valence-electron chi connectivity index (χ3n) is 1.70. The predicted octanol–water partition coefficient (Wildman–Crippen LogP) is 0.976. The van der Waals surface area contributed by atoms with E-state index in [1.54, 1.807) is 24.3 Å². The highest BCUT2D eigenvalue weighted by Gasteiger charge is 2.02. The monoisotopic (exact) mass is 177 g/mol. The first-order valence-corrected chi connectivity index (χ1v) is 3.85. The van der Waals surface area contributed by atoms with Gasteiger partial charge in [0.05, 0.1) is 0 Å². The first kappa shape index (κ1) is 9.32. The van der Waals surface area contributed by atoms with E-state index in [0.717, 1.165) is 5.56 Å². The molecule has 1 aromatic rings. The lowest BCUT2D eigenvalue weighted by atomic mass is 10.1. The summed E-state index contributed by atoms with van der Waals surface area (Å²) in [5.41, 5.74) is 6.30. The van der Waals surface area contributed by atoms with Gasteiger partial charge < -0.3 is 10.8 Å². The summed E-state index contributed by atoms with van der Waals surface area (Å²) in [6.07, 6.45) is 0.426. The number of carbonyl (C=O) groups excluding carboxylic acids is 1. The second-order valence-electron chi connectivity index (χ2n) is 2.81. The fraction of sp³-hybridized carbons (Fsp3) is 0.100. The van der Waals surface area contributed by atoms with E-state index in [1.165, 1.54) is 0 Å². The van der Waals surface area contributed by atoms with Crippen LogP contribution in [0, 0.1) is 0 Å². The Kier molecular flexibility index (Phi) is 2.69. The molecule has 0 aliphatic carbocycles. The van der Waals surface area contributed by atoms with Crippen molar-refractivity contribution in [1.82, 2.24) is 0 Å². The molecule has 0 aliphatic heterocycles. The number of benzene rings is 1. The van der Waals surface area contributed by atoms with E-state index in [2.05, 4.69) is 6.58 Å². The van der Waals surface area contributed by atoms with Crippen LogP contribution < -0.4 is 5.73 Å². The minimum absolute atomic E-state index is 0.202. The minimum atomic E-state index is -0.493. The smallest absolute Gasteiger partial charge is 0.244 e. The van der Waals surface area contributed by atoms with Crippen molar-refractivity contribution < 1.29 is 9.90 Å². The van der Waals surface area contributed by atoms with Crippen molar-refractivity contribution in [3.63, 3.8) is 0 Å². The van der Waals surface area contributed by atoms with Crippen molar-refractivity contribution in [1.29, 1.82) is 0 Å². The Morgan fingerprint density at radius 3 is 2.38 bits per heavy atom. The maximum Gasteiger partial charge on any atom is 0.244 e. The molecule has 13 heavy (non-hydrogen) atoms. The van der Waals surface area contributed by atoms with E-state index in [4.69, 9.17) is 10.8 Å². The van der Waals surface area contributed by atoms with Gasteiger partial charge in [-0.2, -0.15) is 0 Å². The predicted molar refractivity (Wildman–Crippen MR) is 50.1 cm³/mol. The zero-order valence-electron chi connectivity index (χ0n) is 7.16. The number of carbonyl (C=O) groups is 1. The van der Waals surface area contributed by atoms with Gasteiger partial charge in [0.2, 0.25) is 5.91 Å². The Morgan fingerprint density at radius 1 is 1.38 bits per heavy atom. The lowest BCUT2D eigenvalue weighted by molar-refractivity contribution is -0.114. The lowest BCUT2D eigenvalue weighted by Gasteiger charge is -2.01. The van der Waals surface area contributed by atoms with Gasteiger partial charge in [0.25, 0.3) is 0 Å². The zero-order chi connectivity index (χ0) is 9.84. The van der Waals surface area contributed by atoms with Crippen LogP contribution in [0.2, 0.25) is 0 Å². The van der Waals surface area contributed by atoms with Crippen LogP contribution in [0.25, 0.3) is 0 Å². The quantitative estimate of drug-likeness (QED) is 0.676. The highest BCUT2D eigenvalue weighted by molar-refractivity contribution is 5.91. The topological polar surface area (TPSA) is 63.3 Å². The molecule has 3 heteroatoms. The van der Waals surface area contributed by atoms with Crippen LogP contribution in [0.3, 0.4) is 0 Å². The van der Waals surface area contributed by atoms with Gasteiger partial charge in [0.1, 0.15) is 5.75 Å². The summed E-state index contributed by atoms with van der Waals surface area (Å²) in [5, 5.41) is 8.99. The molecule has 3 N–H and O–H groups in total. The fourth-order valence-electron chi connectivity index (χ4n) is 0.947. The number of primary amides is 1. The van der Waals surface area contributed by atoms with Crippen LogP contribution in [-0.2, 0) is 11.2 Å². The molecular weight excluding hydrogens is 166 g/mol. The van der Waals surface area contributed by atoms with Crippen molar-refractivity contribution in [2.75, 3.05) is 0 Å². The van der Waals surface area contributed by atoms with Crippen molar-refractivity contribution in [3.8, 4) is 5.75 Å². The molecule has 1 amide bonds.